The summed E-state index contributed by atoms with van der Waals surface area (Å²) in [7, 11) is -1.99. The Balaban J connectivity index is 3.01. The molecule has 0 heterocycles. The Hall–Kier alpha value is -0.613. The summed E-state index contributed by atoms with van der Waals surface area (Å²) in [6.45, 7) is 12.9. The van der Waals surface area contributed by atoms with Crippen LogP contribution in [-0.4, -0.2) is 25.5 Å². The molecule has 0 amide bonds. The van der Waals surface area contributed by atoms with E-state index in [-0.39, 0.29) is 17.1 Å². The van der Waals surface area contributed by atoms with Gasteiger partial charge in [-0.1, -0.05) is 52.2 Å². The average Bonchev–Trinajstić information content (AvgIpc) is 2.38. The second-order valence-electron chi connectivity index (χ2n) is 8.13. The summed E-state index contributed by atoms with van der Waals surface area (Å²) in [5.74, 6) is -0.864. The summed E-state index contributed by atoms with van der Waals surface area (Å²) in [4.78, 5) is 12.0. The molecule has 0 saturated heterocycles. The van der Waals surface area contributed by atoms with Crippen molar-refractivity contribution in [3.8, 4) is 0 Å². The van der Waals surface area contributed by atoms with Gasteiger partial charge in [0.2, 0.25) is 0 Å². The molecule has 1 rings (SSSR count). The minimum atomic E-state index is -1.99. The van der Waals surface area contributed by atoms with Crippen molar-refractivity contribution >= 4 is 14.3 Å². The molecule has 0 spiro atoms. The largest absolute Gasteiger partial charge is 0.481 e. The van der Waals surface area contributed by atoms with Crippen LogP contribution < -0.4 is 0 Å². The molecule has 1 aliphatic carbocycles. The first kappa shape index (κ1) is 19.4. The monoisotopic (exact) mass is 326 g/mol. The molecule has 1 fully saturated rings. The maximum atomic E-state index is 12.0. The van der Waals surface area contributed by atoms with E-state index in [0.29, 0.717) is 0 Å². The number of carboxylic acid groups (broad SMARTS) is 1. The van der Waals surface area contributed by atoms with Gasteiger partial charge in [0.25, 0.3) is 0 Å². The molecule has 0 aromatic rings. The maximum absolute atomic E-state index is 12.0. The van der Waals surface area contributed by atoms with E-state index in [9.17, 15) is 9.90 Å². The van der Waals surface area contributed by atoms with Crippen molar-refractivity contribution in [2.24, 2.45) is 11.8 Å². The Labute approximate surface area is 137 Å². The van der Waals surface area contributed by atoms with Gasteiger partial charge in [0.05, 0.1) is 12.0 Å². The summed E-state index contributed by atoms with van der Waals surface area (Å²) in [5.41, 5.74) is 0. The van der Waals surface area contributed by atoms with E-state index in [0.717, 1.165) is 25.7 Å². The lowest BCUT2D eigenvalue weighted by Gasteiger charge is -2.41. The second kappa shape index (κ2) is 7.78. The van der Waals surface area contributed by atoms with E-state index in [1.165, 1.54) is 6.42 Å². The van der Waals surface area contributed by atoms with Crippen molar-refractivity contribution in [1.29, 1.82) is 0 Å². The maximum Gasteiger partial charge on any atom is 0.309 e. The highest BCUT2D eigenvalue weighted by molar-refractivity contribution is 6.74. The predicted octanol–water partition coefficient (Wildman–Crippen LogP) is 5.23. The molecule has 128 valence electrons. The van der Waals surface area contributed by atoms with E-state index in [2.05, 4.69) is 33.9 Å². The normalized spacial score (nSPS) is 21.0. The first-order valence-corrected chi connectivity index (χ1v) is 11.5. The van der Waals surface area contributed by atoms with Crippen molar-refractivity contribution in [3.05, 3.63) is 12.2 Å². The Bertz CT molecular complexity index is 390. The molecule has 0 radical (unpaired) electrons. The number of hydrogen-bond donors (Lipinski definition) is 1. The highest BCUT2D eigenvalue weighted by Gasteiger charge is 2.43. The predicted molar refractivity (Wildman–Crippen MR) is 94.6 cm³/mol. The summed E-state index contributed by atoms with van der Waals surface area (Å²) in [6.07, 6.45) is 9.18. The average molecular weight is 327 g/mol. The molecule has 0 aliphatic heterocycles. The van der Waals surface area contributed by atoms with Crippen LogP contribution in [0.2, 0.25) is 18.1 Å². The second-order valence-corrected chi connectivity index (χ2v) is 12.9. The van der Waals surface area contributed by atoms with Gasteiger partial charge < -0.3 is 9.53 Å². The van der Waals surface area contributed by atoms with Crippen LogP contribution >= 0.6 is 0 Å². The molecule has 4 heteroatoms. The number of hydrogen-bond acceptors (Lipinski definition) is 2. The third-order valence-corrected chi connectivity index (χ3v) is 9.89. The highest BCUT2D eigenvalue weighted by Crippen LogP contribution is 2.40. The fraction of sp³-hybridized carbons (Fsp3) is 0.833. The quantitative estimate of drug-likeness (QED) is 0.536. The first-order valence-electron chi connectivity index (χ1n) is 8.63. The summed E-state index contributed by atoms with van der Waals surface area (Å²) >= 11 is 0. The molecular formula is C18H34O3Si. The Morgan fingerprint density at radius 3 is 2.18 bits per heavy atom. The number of allylic oxidation sites excluding steroid dienone is 1. The topological polar surface area (TPSA) is 46.5 Å². The molecule has 22 heavy (non-hydrogen) atoms. The lowest BCUT2D eigenvalue weighted by atomic mass is 9.77. The van der Waals surface area contributed by atoms with Crippen LogP contribution in [0.15, 0.2) is 12.2 Å². The molecule has 0 bridgehead atoms. The Morgan fingerprint density at radius 1 is 1.23 bits per heavy atom. The van der Waals surface area contributed by atoms with E-state index < -0.39 is 20.2 Å². The van der Waals surface area contributed by atoms with Crippen LogP contribution in [0.25, 0.3) is 0 Å². The van der Waals surface area contributed by atoms with E-state index in [4.69, 9.17) is 4.43 Å². The van der Waals surface area contributed by atoms with Crippen LogP contribution in [0.3, 0.4) is 0 Å². The van der Waals surface area contributed by atoms with Crippen molar-refractivity contribution in [2.45, 2.75) is 84.0 Å². The van der Waals surface area contributed by atoms with Gasteiger partial charge in [0.15, 0.2) is 8.32 Å². The molecule has 2 atom stereocenters. The van der Waals surface area contributed by atoms with Crippen molar-refractivity contribution in [1.82, 2.24) is 0 Å². The fourth-order valence-corrected chi connectivity index (χ4v) is 4.30. The zero-order chi connectivity index (χ0) is 17.0. The van der Waals surface area contributed by atoms with E-state index >= 15 is 0 Å². The summed E-state index contributed by atoms with van der Waals surface area (Å²) in [5, 5.41) is 9.91. The standard InChI is InChI=1S/C18H34O3Si/c1-7-11-15(21-22(5,6)18(2,3)4)16(17(19)20)14-12-9-8-10-13-14/h7,11,14-16H,8-10,12-13H2,1-6H3,(H,19,20)/b11-7+/t15-,16+/m1/s1. The van der Waals surface area contributed by atoms with E-state index in [1.54, 1.807) is 0 Å². The number of rotatable bonds is 6. The van der Waals surface area contributed by atoms with Crippen LogP contribution in [0.1, 0.15) is 59.8 Å². The van der Waals surface area contributed by atoms with Crippen molar-refractivity contribution < 1.29 is 14.3 Å². The molecule has 1 saturated carbocycles. The smallest absolute Gasteiger partial charge is 0.309 e. The van der Waals surface area contributed by atoms with Gasteiger partial charge in [0.1, 0.15) is 0 Å². The summed E-state index contributed by atoms with van der Waals surface area (Å²) in [6, 6.07) is 0. The third-order valence-electron chi connectivity index (χ3n) is 5.42. The highest BCUT2D eigenvalue weighted by atomic mass is 28.4. The Morgan fingerprint density at radius 2 is 1.77 bits per heavy atom. The van der Waals surface area contributed by atoms with Crippen LogP contribution in [0.5, 0.6) is 0 Å². The van der Waals surface area contributed by atoms with E-state index in [1.807, 2.05) is 19.1 Å². The van der Waals surface area contributed by atoms with Gasteiger partial charge in [-0.05, 0) is 43.8 Å². The minimum Gasteiger partial charge on any atom is -0.481 e. The van der Waals surface area contributed by atoms with Gasteiger partial charge in [-0.3, -0.25) is 4.79 Å². The van der Waals surface area contributed by atoms with Crippen molar-refractivity contribution in [3.63, 3.8) is 0 Å². The van der Waals surface area contributed by atoms with Gasteiger partial charge in [-0.25, -0.2) is 0 Å². The lowest BCUT2D eigenvalue weighted by molar-refractivity contribution is -0.147. The zero-order valence-electron chi connectivity index (χ0n) is 15.2. The van der Waals surface area contributed by atoms with Gasteiger partial charge in [-0.15, -0.1) is 0 Å². The molecule has 1 aliphatic rings. The number of carbonyl (C=O) groups is 1. The Kier molecular flexibility index (Phi) is 6.87. The molecular weight excluding hydrogens is 292 g/mol. The fourth-order valence-electron chi connectivity index (χ4n) is 3.04. The first-order chi connectivity index (χ1) is 10.1. The molecule has 1 N–H and O–H groups in total. The summed E-state index contributed by atoms with van der Waals surface area (Å²) < 4.78 is 6.49. The molecule has 0 aromatic carbocycles. The lowest BCUT2D eigenvalue weighted by Crippen LogP contribution is -2.48. The van der Waals surface area contributed by atoms with Crippen LogP contribution in [0, 0.1) is 11.8 Å². The molecule has 0 aromatic heterocycles. The number of carboxylic acids is 1. The van der Waals surface area contributed by atoms with Gasteiger partial charge in [-0.2, -0.15) is 0 Å². The van der Waals surface area contributed by atoms with Crippen LogP contribution in [-0.2, 0) is 9.22 Å². The third kappa shape index (κ3) is 4.95. The number of aliphatic carboxylic acids is 1. The zero-order valence-corrected chi connectivity index (χ0v) is 16.2. The molecule has 0 unspecified atom stereocenters. The van der Waals surface area contributed by atoms with Gasteiger partial charge >= 0.3 is 5.97 Å². The SMILES string of the molecule is C/C=C/[C@@H](O[Si](C)(C)C(C)(C)C)[C@@H](C(=O)O)C1CCCCC1. The van der Waals surface area contributed by atoms with Crippen LogP contribution in [0.4, 0.5) is 0 Å². The van der Waals surface area contributed by atoms with Crippen molar-refractivity contribution in [2.75, 3.05) is 0 Å². The molecule has 3 nitrogen and oxygen atoms in total. The van der Waals surface area contributed by atoms with Gasteiger partial charge in [0, 0.05) is 0 Å². The minimum absolute atomic E-state index is 0.0858.